The zero-order chi connectivity index (χ0) is 19.2. The van der Waals surface area contributed by atoms with Gasteiger partial charge in [0, 0.05) is 10.4 Å². The Morgan fingerprint density at radius 3 is 2.52 bits per heavy atom. The van der Waals surface area contributed by atoms with Crippen LogP contribution in [0.2, 0.25) is 0 Å². The number of carbonyl (C=O) groups is 1. The van der Waals surface area contributed by atoms with Crippen LogP contribution in [-0.2, 0) is 11.3 Å². The number of amides is 1. The Kier molecular flexibility index (Phi) is 6.32. The van der Waals surface area contributed by atoms with Crippen molar-refractivity contribution in [2.75, 3.05) is 13.6 Å². The highest BCUT2D eigenvalue weighted by Crippen LogP contribution is 2.26. The predicted molar refractivity (Wildman–Crippen MR) is 103 cm³/mol. The summed E-state index contributed by atoms with van der Waals surface area (Å²) in [5, 5.41) is 4.98. The summed E-state index contributed by atoms with van der Waals surface area (Å²) in [5.74, 6) is -0.709. The molecular weight excluding hydrogens is 366 g/mol. The molecule has 0 fully saturated rings. The lowest BCUT2D eigenvalue weighted by molar-refractivity contribution is -0.885. The largest absolute Gasteiger partial charge is 0.339 e. The lowest BCUT2D eigenvalue weighted by atomic mass is 10.1. The Morgan fingerprint density at radius 1 is 1.07 bits per heavy atom. The second-order valence-electron chi connectivity index (χ2n) is 6.51. The quantitative estimate of drug-likeness (QED) is 0.642. The maximum absolute atomic E-state index is 13.3. The van der Waals surface area contributed by atoms with Gasteiger partial charge in [-0.3, -0.25) is 4.79 Å². The summed E-state index contributed by atoms with van der Waals surface area (Å²) >= 11 is 1.54. The van der Waals surface area contributed by atoms with Crippen LogP contribution >= 0.6 is 11.3 Å². The van der Waals surface area contributed by atoms with E-state index in [2.05, 4.69) is 5.32 Å². The van der Waals surface area contributed by atoms with Crippen LogP contribution in [0.25, 0.3) is 0 Å². The van der Waals surface area contributed by atoms with Gasteiger partial charge in [0.2, 0.25) is 0 Å². The van der Waals surface area contributed by atoms with Crippen molar-refractivity contribution in [3.8, 4) is 0 Å². The van der Waals surface area contributed by atoms with Gasteiger partial charge in [-0.25, -0.2) is 8.78 Å². The molecule has 0 aliphatic rings. The van der Waals surface area contributed by atoms with Gasteiger partial charge < -0.3 is 10.2 Å². The molecule has 3 rings (SSSR count). The third-order valence-electron chi connectivity index (χ3n) is 4.19. The van der Waals surface area contributed by atoms with Crippen molar-refractivity contribution in [1.29, 1.82) is 0 Å². The van der Waals surface area contributed by atoms with Crippen LogP contribution in [0.1, 0.15) is 22.0 Å². The Labute approximate surface area is 161 Å². The Hall–Kier alpha value is -2.57. The number of hydrogen-bond donors (Lipinski definition) is 2. The second-order valence-corrected chi connectivity index (χ2v) is 7.49. The average Bonchev–Trinajstić information content (AvgIpc) is 3.15. The number of benzene rings is 2. The van der Waals surface area contributed by atoms with E-state index < -0.39 is 0 Å². The summed E-state index contributed by atoms with van der Waals surface area (Å²) in [6.07, 6.45) is 0. The van der Waals surface area contributed by atoms with Crippen LogP contribution in [0.3, 0.4) is 0 Å². The molecule has 0 bridgehead atoms. The number of thiophene rings is 1. The molecule has 0 saturated heterocycles. The van der Waals surface area contributed by atoms with Gasteiger partial charge in [-0.15, -0.1) is 11.3 Å². The van der Waals surface area contributed by atoms with E-state index in [1.165, 1.54) is 35.6 Å². The molecule has 2 N–H and O–H groups in total. The van der Waals surface area contributed by atoms with Crippen LogP contribution < -0.4 is 10.2 Å². The number of carbonyl (C=O) groups excluding carboxylic acids is 1. The molecule has 27 heavy (non-hydrogen) atoms. The zero-order valence-electron chi connectivity index (χ0n) is 14.9. The molecule has 6 heteroatoms. The van der Waals surface area contributed by atoms with Crippen LogP contribution in [0.5, 0.6) is 0 Å². The van der Waals surface area contributed by atoms with E-state index in [1.807, 2.05) is 30.6 Å². The highest BCUT2D eigenvalue weighted by atomic mass is 32.1. The lowest BCUT2D eigenvalue weighted by Crippen LogP contribution is -3.08. The standard InChI is InChI=1S/C21H20F2N2OS/c1-25(13-15-4-2-5-18(23)12-15)14-20(26)24-21(19-6-3-11-27-19)16-7-9-17(22)10-8-16/h2-12,21H,13-14H2,1H3,(H,24,26)/p+1/t21-/m1/s1. The SMILES string of the molecule is C[NH+](CC(=O)N[C@H](c1ccc(F)cc1)c1cccs1)Cc1cccc(F)c1. The average molecular weight is 387 g/mol. The summed E-state index contributed by atoms with van der Waals surface area (Å²) in [6.45, 7) is 0.797. The highest BCUT2D eigenvalue weighted by Gasteiger charge is 2.20. The zero-order valence-corrected chi connectivity index (χ0v) is 15.7. The fraction of sp³-hybridized carbons (Fsp3) is 0.190. The van der Waals surface area contributed by atoms with E-state index in [4.69, 9.17) is 0 Å². The first-order valence-corrected chi connectivity index (χ1v) is 9.53. The fourth-order valence-corrected chi connectivity index (χ4v) is 3.78. The summed E-state index contributed by atoms with van der Waals surface area (Å²) in [5.41, 5.74) is 1.67. The molecule has 2 aromatic carbocycles. The van der Waals surface area contributed by atoms with E-state index in [-0.39, 0.29) is 30.1 Å². The second kappa shape index (κ2) is 8.88. The van der Waals surface area contributed by atoms with E-state index in [1.54, 1.807) is 18.2 Å². The van der Waals surface area contributed by atoms with Gasteiger partial charge >= 0.3 is 0 Å². The van der Waals surface area contributed by atoms with E-state index in [0.717, 1.165) is 20.9 Å². The first kappa shape index (κ1) is 19.2. The monoisotopic (exact) mass is 387 g/mol. The molecule has 3 nitrogen and oxygen atoms in total. The van der Waals surface area contributed by atoms with Gasteiger partial charge in [0.1, 0.15) is 18.2 Å². The van der Waals surface area contributed by atoms with Crippen molar-refractivity contribution >= 4 is 17.2 Å². The minimum atomic E-state index is -0.319. The molecule has 0 aliphatic carbocycles. The summed E-state index contributed by atoms with van der Waals surface area (Å²) in [4.78, 5) is 14.5. The molecule has 2 atom stereocenters. The first-order chi connectivity index (χ1) is 13.0. The number of nitrogens with one attached hydrogen (secondary N) is 2. The number of hydrogen-bond acceptors (Lipinski definition) is 2. The van der Waals surface area contributed by atoms with Crippen LogP contribution in [0.4, 0.5) is 8.78 Å². The van der Waals surface area contributed by atoms with Crippen molar-refractivity contribution in [3.05, 3.63) is 93.7 Å². The van der Waals surface area contributed by atoms with E-state index in [9.17, 15) is 13.6 Å². The highest BCUT2D eigenvalue weighted by molar-refractivity contribution is 7.10. The molecular formula is C21H21F2N2OS+. The van der Waals surface area contributed by atoms with Gasteiger partial charge in [-0.2, -0.15) is 0 Å². The molecule has 1 amide bonds. The van der Waals surface area contributed by atoms with Crippen LogP contribution in [0, 0.1) is 11.6 Å². The Bertz CT molecular complexity index is 881. The number of rotatable bonds is 7. The van der Waals surface area contributed by atoms with Gasteiger partial charge in [0.25, 0.3) is 5.91 Å². The molecule has 3 aromatic rings. The Morgan fingerprint density at radius 2 is 1.85 bits per heavy atom. The lowest BCUT2D eigenvalue weighted by Gasteiger charge is -2.20. The van der Waals surface area contributed by atoms with Gasteiger partial charge in [0.15, 0.2) is 6.54 Å². The number of likely N-dealkylation sites (N-methyl/N-ethyl adjacent to an activating group) is 1. The van der Waals surface area contributed by atoms with Gasteiger partial charge in [0.05, 0.1) is 13.1 Å². The number of halogens is 2. The third kappa shape index (κ3) is 5.45. The molecule has 1 unspecified atom stereocenters. The summed E-state index contributed by atoms with van der Waals surface area (Å²) < 4.78 is 26.6. The maximum atomic E-state index is 13.3. The molecule has 0 spiro atoms. The molecule has 140 valence electrons. The van der Waals surface area contributed by atoms with Crippen molar-refractivity contribution in [2.45, 2.75) is 12.6 Å². The minimum absolute atomic E-state index is 0.119. The molecule has 0 saturated carbocycles. The maximum Gasteiger partial charge on any atom is 0.275 e. The molecule has 1 aromatic heterocycles. The number of quaternary nitrogens is 1. The summed E-state index contributed by atoms with van der Waals surface area (Å²) in [6, 6.07) is 16.1. The molecule has 0 aliphatic heterocycles. The van der Waals surface area contributed by atoms with Crippen molar-refractivity contribution in [1.82, 2.24) is 5.32 Å². The van der Waals surface area contributed by atoms with Gasteiger partial charge in [-0.1, -0.05) is 30.3 Å². The van der Waals surface area contributed by atoms with Crippen LogP contribution in [0.15, 0.2) is 66.0 Å². The minimum Gasteiger partial charge on any atom is -0.339 e. The first-order valence-electron chi connectivity index (χ1n) is 8.65. The molecule has 0 radical (unpaired) electrons. The fourth-order valence-electron chi connectivity index (χ4n) is 2.97. The van der Waals surface area contributed by atoms with Gasteiger partial charge in [-0.05, 0) is 41.3 Å². The predicted octanol–water partition coefficient (Wildman–Crippen LogP) is 2.95. The van der Waals surface area contributed by atoms with Crippen molar-refractivity contribution in [2.24, 2.45) is 0 Å². The topological polar surface area (TPSA) is 33.5 Å². The Balaban J connectivity index is 1.66. The normalized spacial score (nSPS) is 13.1. The summed E-state index contributed by atoms with van der Waals surface area (Å²) in [7, 11) is 1.89. The van der Waals surface area contributed by atoms with Crippen LogP contribution in [-0.4, -0.2) is 19.5 Å². The molecule has 1 heterocycles. The third-order valence-corrected chi connectivity index (χ3v) is 5.13. The smallest absolute Gasteiger partial charge is 0.275 e. The van der Waals surface area contributed by atoms with Crippen molar-refractivity contribution < 1.29 is 18.5 Å². The van der Waals surface area contributed by atoms with E-state index in [0.29, 0.717) is 6.54 Å². The van der Waals surface area contributed by atoms with E-state index >= 15 is 0 Å². The van der Waals surface area contributed by atoms with Crippen molar-refractivity contribution in [3.63, 3.8) is 0 Å².